The number of hydrogen-bond acceptors (Lipinski definition) is 2. The van der Waals surface area contributed by atoms with E-state index in [9.17, 15) is 9.50 Å². The van der Waals surface area contributed by atoms with Crippen molar-refractivity contribution in [2.45, 2.75) is 26.5 Å². The van der Waals surface area contributed by atoms with E-state index >= 15 is 0 Å². The quantitative estimate of drug-likeness (QED) is 0.761. The van der Waals surface area contributed by atoms with Gasteiger partial charge in [0.05, 0.1) is 5.52 Å². The molecule has 2 aromatic carbocycles. The molecule has 0 saturated heterocycles. The van der Waals surface area contributed by atoms with E-state index in [2.05, 4.69) is 18.4 Å². The van der Waals surface area contributed by atoms with Crippen molar-refractivity contribution in [3.63, 3.8) is 0 Å². The molecule has 0 amide bonds. The van der Waals surface area contributed by atoms with Gasteiger partial charge in [-0.2, -0.15) is 0 Å². The van der Waals surface area contributed by atoms with E-state index < -0.39 is 0 Å². The van der Waals surface area contributed by atoms with Crippen molar-refractivity contribution in [2.75, 3.05) is 0 Å². The predicted octanol–water partition coefficient (Wildman–Crippen LogP) is 4.65. The van der Waals surface area contributed by atoms with E-state index in [1.54, 1.807) is 18.2 Å². The van der Waals surface area contributed by atoms with E-state index in [-0.39, 0.29) is 17.6 Å². The van der Waals surface area contributed by atoms with Gasteiger partial charge in [-0.3, -0.25) is 0 Å². The third-order valence-electron chi connectivity index (χ3n) is 3.68. The van der Waals surface area contributed by atoms with Gasteiger partial charge in [-0.25, -0.2) is 4.39 Å². The van der Waals surface area contributed by atoms with E-state index in [0.717, 1.165) is 16.5 Å². The monoisotopic (exact) mass is 299 g/mol. The molecular weight excluding hydrogens is 281 g/mol. The zero-order chi connectivity index (χ0) is 15.7. The van der Waals surface area contributed by atoms with Crippen LogP contribution in [-0.2, 0) is 6.61 Å². The van der Waals surface area contributed by atoms with Crippen LogP contribution in [0.1, 0.15) is 25.5 Å². The minimum atomic E-state index is -0.290. The van der Waals surface area contributed by atoms with Crippen molar-refractivity contribution in [1.82, 2.24) is 4.57 Å². The molecule has 0 radical (unpaired) electrons. The van der Waals surface area contributed by atoms with Gasteiger partial charge in [0.25, 0.3) is 0 Å². The summed E-state index contributed by atoms with van der Waals surface area (Å²) in [5.41, 5.74) is 1.89. The average molecular weight is 299 g/mol. The molecule has 3 nitrogen and oxygen atoms in total. The van der Waals surface area contributed by atoms with Crippen LogP contribution in [0, 0.1) is 5.82 Å². The summed E-state index contributed by atoms with van der Waals surface area (Å²) in [7, 11) is 0. The largest absolute Gasteiger partial charge is 0.507 e. The lowest BCUT2D eigenvalue weighted by molar-refractivity contribution is 0.306. The lowest BCUT2D eigenvalue weighted by Gasteiger charge is -2.08. The molecule has 3 aromatic rings. The fourth-order valence-corrected chi connectivity index (χ4v) is 2.60. The number of hydrogen-bond donors (Lipinski definition) is 1. The van der Waals surface area contributed by atoms with Crippen molar-refractivity contribution in [1.29, 1.82) is 0 Å². The zero-order valence-corrected chi connectivity index (χ0v) is 12.6. The number of ether oxygens (including phenoxy) is 1. The third-order valence-corrected chi connectivity index (χ3v) is 3.68. The first-order chi connectivity index (χ1) is 10.6. The Hall–Kier alpha value is -2.49. The molecule has 0 atom stereocenters. The maximum atomic E-state index is 12.9. The van der Waals surface area contributed by atoms with E-state index in [0.29, 0.717) is 12.4 Å². The number of aromatic nitrogens is 1. The summed E-state index contributed by atoms with van der Waals surface area (Å²) in [4.78, 5) is 0. The van der Waals surface area contributed by atoms with Gasteiger partial charge in [0, 0.05) is 23.2 Å². The normalized spacial score (nSPS) is 11.3. The third kappa shape index (κ3) is 2.64. The maximum absolute atomic E-state index is 12.9. The highest BCUT2D eigenvalue weighted by Gasteiger charge is 2.14. The molecule has 114 valence electrons. The van der Waals surface area contributed by atoms with Gasteiger partial charge < -0.3 is 14.4 Å². The Morgan fingerprint density at radius 1 is 1.14 bits per heavy atom. The number of halogens is 1. The number of phenolic OH excluding ortho intramolecular Hbond substituents is 1. The molecule has 4 heteroatoms. The Labute approximate surface area is 128 Å². The van der Waals surface area contributed by atoms with Gasteiger partial charge in [0.1, 0.15) is 23.9 Å². The highest BCUT2D eigenvalue weighted by Crippen LogP contribution is 2.32. The Kier molecular flexibility index (Phi) is 3.75. The summed E-state index contributed by atoms with van der Waals surface area (Å²) in [6.45, 7) is 4.50. The predicted molar refractivity (Wildman–Crippen MR) is 84.7 cm³/mol. The molecule has 22 heavy (non-hydrogen) atoms. The number of aromatic hydroxyl groups is 1. The van der Waals surface area contributed by atoms with Crippen LogP contribution in [0.3, 0.4) is 0 Å². The van der Waals surface area contributed by atoms with Gasteiger partial charge in [0.15, 0.2) is 0 Å². The first kappa shape index (κ1) is 14.4. The fourth-order valence-electron chi connectivity index (χ4n) is 2.60. The Bertz CT molecular complexity index is 791. The molecule has 0 unspecified atom stereocenters. The van der Waals surface area contributed by atoms with Crippen LogP contribution >= 0.6 is 0 Å². The van der Waals surface area contributed by atoms with E-state index in [4.69, 9.17) is 4.74 Å². The summed E-state index contributed by atoms with van der Waals surface area (Å²) in [5, 5.41) is 11.0. The zero-order valence-electron chi connectivity index (χ0n) is 12.6. The van der Waals surface area contributed by atoms with Gasteiger partial charge in [0.2, 0.25) is 0 Å². The van der Waals surface area contributed by atoms with Gasteiger partial charge in [-0.15, -0.1) is 0 Å². The molecule has 0 spiro atoms. The van der Waals surface area contributed by atoms with Crippen molar-refractivity contribution >= 4 is 10.9 Å². The molecular formula is C18H18FNO2. The second-order valence-electron chi connectivity index (χ2n) is 5.57. The molecule has 1 N–H and O–H groups in total. The summed E-state index contributed by atoms with van der Waals surface area (Å²) < 4.78 is 20.7. The topological polar surface area (TPSA) is 34.4 Å². The van der Waals surface area contributed by atoms with Crippen LogP contribution in [-0.4, -0.2) is 9.67 Å². The molecule has 3 rings (SSSR count). The van der Waals surface area contributed by atoms with E-state index in [1.807, 2.05) is 18.3 Å². The van der Waals surface area contributed by atoms with Crippen LogP contribution in [0.4, 0.5) is 4.39 Å². The lowest BCUT2D eigenvalue weighted by Crippen LogP contribution is -1.98. The number of phenols is 1. The molecule has 1 heterocycles. The Morgan fingerprint density at radius 3 is 2.55 bits per heavy atom. The second kappa shape index (κ2) is 5.72. The summed E-state index contributed by atoms with van der Waals surface area (Å²) >= 11 is 0. The van der Waals surface area contributed by atoms with Crippen molar-refractivity contribution in [3.8, 4) is 11.5 Å². The van der Waals surface area contributed by atoms with Gasteiger partial charge in [-0.1, -0.05) is 6.07 Å². The number of rotatable bonds is 4. The number of nitrogens with zero attached hydrogens (tertiary/aromatic N) is 1. The minimum Gasteiger partial charge on any atom is -0.507 e. The van der Waals surface area contributed by atoms with Crippen molar-refractivity contribution in [3.05, 3.63) is 60.0 Å². The Morgan fingerprint density at radius 2 is 1.86 bits per heavy atom. The van der Waals surface area contributed by atoms with Crippen LogP contribution in [0.5, 0.6) is 11.5 Å². The summed E-state index contributed by atoms with van der Waals surface area (Å²) in [6, 6.07) is 11.7. The SMILES string of the molecule is CC(C)n1cc(COc2ccc(F)cc2)c2c(O)cccc21. The highest BCUT2D eigenvalue weighted by atomic mass is 19.1. The van der Waals surface area contributed by atoms with Crippen LogP contribution in [0.15, 0.2) is 48.7 Å². The Balaban J connectivity index is 1.94. The first-order valence-electron chi connectivity index (χ1n) is 7.26. The van der Waals surface area contributed by atoms with Crippen LogP contribution in [0.25, 0.3) is 10.9 Å². The summed E-state index contributed by atoms with van der Waals surface area (Å²) in [5.74, 6) is 0.554. The number of benzene rings is 2. The van der Waals surface area contributed by atoms with Crippen LogP contribution in [0.2, 0.25) is 0 Å². The minimum absolute atomic E-state index is 0.245. The number of fused-ring (bicyclic) bond motifs is 1. The molecule has 0 fully saturated rings. The molecule has 0 aliphatic heterocycles. The second-order valence-corrected chi connectivity index (χ2v) is 5.57. The van der Waals surface area contributed by atoms with Gasteiger partial charge in [-0.05, 0) is 50.2 Å². The van der Waals surface area contributed by atoms with Crippen molar-refractivity contribution in [2.24, 2.45) is 0 Å². The molecule has 0 aliphatic carbocycles. The summed E-state index contributed by atoms with van der Waals surface area (Å²) in [6.07, 6.45) is 2.00. The molecule has 0 aliphatic rings. The smallest absolute Gasteiger partial charge is 0.125 e. The highest BCUT2D eigenvalue weighted by molar-refractivity contribution is 5.89. The first-order valence-corrected chi connectivity index (χ1v) is 7.26. The molecule has 1 aromatic heterocycles. The van der Waals surface area contributed by atoms with Crippen LogP contribution < -0.4 is 4.74 Å². The van der Waals surface area contributed by atoms with E-state index in [1.165, 1.54) is 12.1 Å². The fraction of sp³-hybridized carbons (Fsp3) is 0.222. The average Bonchev–Trinajstić information content (AvgIpc) is 2.87. The maximum Gasteiger partial charge on any atom is 0.125 e. The van der Waals surface area contributed by atoms with Crippen molar-refractivity contribution < 1.29 is 14.2 Å². The van der Waals surface area contributed by atoms with Gasteiger partial charge >= 0.3 is 0 Å². The molecule has 0 saturated carbocycles. The molecule has 0 bridgehead atoms. The lowest BCUT2D eigenvalue weighted by atomic mass is 10.1. The standard InChI is InChI=1S/C18H18FNO2/c1-12(2)20-10-13(18-16(20)4-3-5-17(18)21)11-22-15-8-6-14(19)7-9-15/h3-10,12,21H,11H2,1-2H3.